The van der Waals surface area contributed by atoms with Gasteiger partial charge >= 0.3 is 0 Å². The summed E-state index contributed by atoms with van der Waals surface area (Å²) in [7, 11) is 0. The topological polar surface area (TPSA) is 34.0 Å². The van der Waals surface area contributed by atoms with Gasteiger partial charge in [-0.25, -0.2) is 9.97 Å². The van der Waals surface area contributed by atoms with Crippen molar-refractivity contribution in [2.75, 3.05) is 13.1 Å². The Kier molecular flexibility index (Phi) is 2.84. The molecule has 0 amide bonds. The van der Waals surface area contributed by atoms with Crippen LogP contribution in [0.25, 0.3) is 11.2 Å². The van der Waals surface area contributed by atoms with Crippen LogP contribution in [0.1, 0.15) is 25.1 Å². The number of fused-ring (bicyclic) bond motifs is 3. The van der Waals surface area contributed by atoms with Crippen LogP contribution in [0.3, 0.4) is 0 Å². The maximum atomic E-state index is 4.76. The van der Waals surface area contributed by atoms with Crippen molar-refractivity contribution in [1.82, 2.24) is 19.4 Å². The Bertz CT molecular complexity index is 617. The largest absolute Gasteiger partial charge is 0.311 e. The van der Waals surface area contributed by atoms with E-state index in [9.17, 15) is 0 Å². The summed E-state index contributed by atoms with van der Waals surface area (Å²) >= 11 is 3.47. The standard InChI is InChI=1S/C14H17BrN4/c15-10-8-12-14(16-9-10)19-7-6-18(11-2-1-3-11)5-4-13(19)17-12/h8-9,11H,1-7H2. The molecule has 1 aliphatic carbocycles. The second-order valence-corrected chi connectivity index (χ2v) is 6.46. The third kappa shape index (κ3) is 1.99. The molecular formula is C14H17BrN4. The molecule has 1 aliphatic heterocycles. The summed E-state index contributed by atoms with van der Waals surface area (Å²) in [5.41, 5.74) is 2.05. The van der Waals surface area contributed by atoms with Crippen LogP contribution in [0.4, 0.5) is 0 Å². The Balaban J connectivity index is 1.66. The molecule has 0 spiro atoms. The molecule has 4 nitrogen and oxygen atoms in total. The highest BCUT2D eigenvalue weighted by Gasteiger charge is 2.27. The van der Waals surface area contributed by atoms with Crippen LogP contribution in [0.5, 0.6) is 0 Å². The fraction of sp³-hybridized carbons (Fsp3) is 0.571. The van der Waals surface area contributed by atoms with E-state index in [1.165, 1.54) is 25.1 Å². The number of aromatic nitrogens is 3. The number of halogens is 1. The summed E-state index contributed by atoms with van der Waals surface area (Å²) in [6.07, 6.45) is 7.09. The van der Waals surface area contributed by atoms with E-state index in [-0.39, 0.29) is 0 Å². The maximum Gasteiger partial charge on any atom is 0.160 e. The lowest BCUT2D eigenvalue weighted by Crippen LogP contribution is -2.41. The minimum Gasteiger partial charge on any atom is -0.311 e. The SMILES string of the molecule is Brc1cnc2c(c1)nc1n2CCN(C2CCC2)CC1. The smallest absolute Gasteiger partial charge is 0.160 e. The van der Waals surface area contributed by atoms with E-state index in [1.54, 1.807) is 0 Å². The summed E-state index contributed by atoms with van der Waals surface area (Å²) < 4.78 is 3.31. The average molecular weight is 321 g/mol. The molecule has 0 N–H and O–H groups in total. The van der Waals surface area contributed by atoms with Crippen LogP contribution in [0.2, 0.25) is 0 Å². The number of hydrogen-bond acceptors (Lipinski definition) is 3. The van der Waals surface area contributed by atoms with Crippen molar-refractivity contribution >= 4 is 27.1 Å². The van der Waals surface area contributed by atoms with Crippen LogP contribution < -0.4 is 0 Å². The first-order chi connectivity index (χ1) is 9.31. The van der Waals surface area contributed by atoms with Gasteiger partial charge in [0.2, 0.25) is 0 Å². The van der Waals surface area contributed by atoms with Gasteiger partial charge in [-0.2, -0.15) is 0 Å². The van der Waals surface area contributed by atoms with E-state index in [2.05, 4.69) is 36.4 Å². The molecular weight excluding hydrogens is 304 g/mol. The van der Waals surface area contributed by atoms with Crippen molar-refractivity contribution in [2.45, 2.75) is 38.3 Å². The van der Waals surface area contributed by atoms with Gasteiger partial charge in [0.25, 0.3) is 0 Å². The molecule has 1 fully saturated rings. The molecule has 0 atom stereocenters. The lowest BCUT2D eigenvalue weighted by atomic mass is 9.91. The van der Waals surface area contributed by atoms with Gasteiger partial charge in [-0.15, -0.1) is 0 Å². The number of rotatable bonds is 1. The van der Waals surface area contributed by atoms with Crippen molar-refractivity contribution in [1.29, 1.82) is 0 Å². The zero-order chi connectivity index (χ0) is 12.8. The predicted octanol–water partition coefficient (Wildman–Crippen LogP) is 2.60. The van der Waals surface area contributed by atoms with Crippen LogP contribution in [-0.4, -0.2) is 38.6 Å². The normalized spacial score (nSPS) is 21.1. The number of hydrogen-bond donors (Lipinski definition) is 0. The van der Waals surface area contributed by atoms with Crippen molar-refractivity contribution in [3.63, 3.8) is 0 Å². The fourth-order valence-electron chi connectivity index (χ4n) is 3.16. The van der Waals surface area contributed by atoms with Crippen LogP contribution in [-0.2, 0) is 13.0 Å². The summed E-state index contributed by atoms with van der Waals surface area (Å²) in [5, 5.41) is 0. The fourth-order valence-corrected chi connectivity index (χ4v) is 3.48. The lowest BCUT2D eigenvalue weighted by Gasteiger charge is -2.36. The molecule has 5 heteroatoms. The van der Waals surface area contributed by atoms with E-state index < -0.39 is 0 Å². The van der Waals surface area contributed by atoms with Gasteiger partial charge in [0.15, 0.2) is 5.65 Å². The van der Waals surface area contributed by atoms with Crippen LogP contribution >= 0.6 is 15.9 Å². The molecule has 4 rings (SSSR count). The maximum absolute atomic E-state index is 4.76. The minimum absolute atomic E-state index is 0.831. The van der Waals surface area contributed by atoms with Crippen molar-refractivity contribution < 1.29 is 0 Å². The van der Waals surface area contributed by atoms with Crippen molar-refractivity contribution in [3.8, 4) is 0 Å². The van der Waals surface area contributed by atoms with Gasteiger partial charge in [-0.3, -0.25) is 4.90 Å². The van der Waals surface area contributed by atoms with Gasteiger partial charge in [-0.05, 0) is 34.8 Å². The summed E-state index contributed by atoms with van der Waals surface area (Å²) in [4.78, 5) is 11.9. The van der Waals surface area contributed by atoms with Gasteiger partial charge in [0.05, 0.1) is 0 Å². The lowest BCUT2D eigenvalue weighted by molar-refractivity contribution is 0.130. The highest BCUT2D eigenvalue weighted by molar-refractivity contribution is 9.10. The Morgan fingerprint density at radius 2 is 2.11 bits per heavy atom. The first kappa shape index (κ1) is 11.9. The zero-order valence-corrected chi connectivity index (χ0v) is 12.4. The first-order valence-electron chi connectivity index (χ1n) is 7.06. The molecule has 0 radical (unpaired) electrons. The zero-order valence-electron chi connectivity index (χ0n) is 10.8. The molecule has 0 bridgehead atoms. The molecule has 100 valence electrons. The number of pyridine rings is 1. The second kappa shape index (κ2) is 4.56. The summed E-state index contributed by atoms with van der Waals surface area (Å²) in [6.45, 7) is 3.31. The second-order valence-electron chi connectivity index (χ2n) is 5.55. The van der Waals surface area contributed by atoms with Crippen LogP contribution in [0.15, 0.2) is 16.7 Å². The third-order valence-corrected chi connectivity index (χ3v) is 4.89. The Morgan fingerprint density at radius 3 is 2.89 bits per heavy atom. The molecule has 1 saturated carbocycles. The number of nitrogens with zero attached hydrogens (tertiary/aromatic N) is 4. The molecule has 2 aliphatic rings. The van der Waals surface area contributed by atoms with Gasteiger partial charge in [0.1, 0.15) is 11.3 Å². The quantitative estimate of drug-likeness (QED) is 0.810. The molecule has 0 unspecified atom stereocenters. The Hall–Kier alpha value is -0.940. The van der Waals surface area contributed by atoms with E-state index in [0.717, 1.165) is 47.7 Å². The van der Waals surface area contributed by atoms with Gasteiger partial charge < -0.3 is 4.57 Å². The highest BCUT2D eigenvalue weighted by Crippen LogP contribution is 2.27. The van der Waals surface area contributed by atoms with Crippen LogP contribution in [0, 0.1) is 0 Å². The van der Waals surface area contributed by atoms with E-state index in [1.807, 2.05) is 6.20 Å². The summed E-state index contributed by atoms with van der Waals surface area (Å²) in [5.74, 6) is 1.20. The van der Waals surface area contributed by atoms with Gasteiger partial charge in [-0.1, -0.05) is 6.42 Å². The molecule has 0 aromatic carbocycles. The van der Waals surface area contributed by atoms with Gasteiger partial charge in [0, 0.05) is 42.8 Å². The van der Waals surface area contributed by atoms with Crippen molar-refractivity contribution in [3.05, 3.63) is 22.6 Å². The first-order valence-corrected chi connectivity index (χ1v) is 7.85. The minimum atomic E-state index is 0.831. The van der Waals surface area contributed by atoms with E-state index in [4.69, 9.17) is 4.98 Å². The highest BCUT2D eigenvalue weighted by atomic mass is 79.9. The van der Waals surface area contributed by atoms with E-state index in [0.29, 0.717) is 0 Å². The molecule has 2 aromatic heterocycles. The van der Waals surface area contributed by atoms with Crippen molar-refractivity contribution in [2.24, 2.45) is 0 Å². The monoisotopic (exact) mass is 320 g/mol. The molecule has 0 saturated heterocycles. The molecule has 3 heterocycles. The predicted molar refractivity (Wildman–Crippen MR) is 78.1 cm³/mol. The molecule has 2 aromatic rings. The Labute approximate surface area is 121 Å². The molecule has 19 heavy (non-hydrogen) atoms. The van der Waals surface area contributed by atoms with E-state index >= 15 is 0 Å². The average Bonchev–Trinajstić information content (AvgIpc) is 2.54. The Morgan fingerprint density at radius 1 is 1.21 bits per heavy atom. The number of imidazole rings is 1. The third-order valence-electron chi connectivity index (χ3n) is 4.46. The summed E-state index contributed by atoms with van der Waals surface area (Å²) in [6, 6.07) is 2.89.